The van der Waals surface area contributed by atoms with Crippen LogP contribution < -0.4 is 5.32 Å². The monoisotopic (exact) mass is 357 g/mol. The molecule has 2 fully saturated rings. The fourth-order valence-corrected chi connectivity index (χ4v) is 3.30. The van der Waals surface area contributed by atoms with Gasteiger partial charge in [-0.2, -0.15) is 0 Å². The molecule has 26 heavy (non-hydrogen) atoms. The number of hydrogen-bond acceptors (Lipinski definition) is 5. The average molecular weight is 357 g/mol. The van der Waals surface area contributed by atoms with Crippen LogP contribution in [0.4, 0.5) is 4.79 Å². The Labute approximate surface area is 150 Å². The van der Waals surface area contributed by atoms with E-state index >= 15 is 0 Å². The molecule has 1 N–H and O–H groups in total. The Morgan fingerprint density at radius 3 is 2.38 bits per heavy atom. The van der Waals surface area contributed by atoms with Crippen LogP contribution in [0.15, 0.2) is 24.3 Å². The average Bonchev–Trinajstić information content (AvgIpc) is 3.37. The van der Waals surface area contributed by atoms with Gasteiger partial charge in [0, 0.05) is 19.0 Å². The van der Waals surface area contributed by atoms with Crippen molar-refractivity contribution in [3.05, 3.63) is 35.4 Å². The molecule has 1 saturated heterocycles. The summed E-state index contributed by atoms with van der Waals surface area (Å²) in [5.41, 5.74) is 0.742. The maximum Gasteiger partial charge on any atom is 0.410 e. The van der Waals surface area contributed by atoms with E-state index in [1.54, 1.807) is 29.2 Å². The zero-order chi connectivity index (χ0) is 18.3. The first-order valence-electron chi connectivity index (χ1n) is 8.74. The van der Waals surface area contributed by atoms with Gasteiger partial charge in [0.15, 0.2) is 0 Å². The third-order valence-electron chi connectivity index (χ3n) is 4.86. The van der Waals surface area contributed by atoms with Crippen LogP contribution in [0.2, 0.25) is 0 Å². The van der Waals surface area contributed by atoms with Crippen LogP contribution in [0.1, 0.15) is 40.0 Å². The highest BCUT2D eigenvalue weighted by atomic mass is 16.6. The molecule has 0 aromatic heterocycles. The summed E-state index contributed by atoms with van der Waals surface area (Å²) in [6.45, 7) is 0.745. The van der Waals surface area contributed by atoms with Crippen molar-refractivity contribution in [1.82, 2.24) is 15.1 Å². The summed E-state index contributed by atoms with van der Waals surface area (Å²) in [6.07, 6.45) is 1.35. The second kappa shape index (κ2) is 6.44. The zero-order valence-corrected chi connectivity index (χ0v) is 14.1. The van der Waals surface area contributed by atoms with Crippen molar-refractivity contribution >= 4 is 23.8 Å². The molecule has 1 aliphatic carbocycles. The number of carbonyl (C=O) groups excluding carboxylic acids is 4. The molecule has 1 aromatic rings. The summed E-state index contributed by atoms with van der Waals surface area (Å²) in [4.78, 5) is 51.0. The van der Waals surface area contributed by atoms with E-state index < -0.39 is 0 Å². The predicted octanol–water partition coefficient (Wildman–Crippen LogP) is 0.772. The van der Waals surface area contributed by atoms with Crippen LogP contribution in [-0.4, -0.2) is 65.4 Å². The smallest absolute Gasteiger partial charge is 0.410 e. The fourth-order valence-electron chi connectivity index (χ4n) is 3.30. The Morgan fingerprint density at radius 2 is 1.77 bits per heavy atom. The number of cyclic esters (lactones) is 1. The molecule has 1 unspecified atom stereocenters. The number of hydrogen-bond donors (Lipinski definition) is 1. The molecule has 8 nitrogen and oxygen atoms in total. The Bertz CT molecular complexity index is 754. The topological polar surface area (TPSA) is 96.0 Å². The molecule has 4 rings (SSSR count). The molecule has 0 bridgehead atoms. The van der Waals surface area contributed by atoms with E-state index in [2.05, 4.69) is 5.32 Å². The molecular weight excluding hydrogens is 338 g/mol. The van der Waals surface area contributed by atoms with Crippen LogP contribution in [-0.2, 0) is 9.53 Å². The molecule has 1 saturated carbocycles. The molecule has 136 valence electrons. The van der Waals surface area contributed by atoms with Crippen LogP contribution in [0.25, 0.3) is 0 Å². The van der Waals surface area contributed by atoms with Crippen molar-refractivity contribution in [2.45, 2.75) is 31.4 Å². The quantitative estimate of drug-likeness (QED) is 0.759. The highest BCUT2D eigenvalue weighted by Gasteiger charge is 2.41. The molecule has 8 heteroatoms. The third kappa shape index (κ3) is 3.02. The van der Waals surface area contributed by atoms with E-state index in [0.29, 0.717) is 17.7 Å². The van der Waals surface area contributed by atoms with Gasteiger partial charge in [0.05, 0.1) is 24.2 Å². The maximum atomic E-state index is 12.2. The van der Waals surface area contributed by atoms with Gasteiger partial charge >= 0.3 is 6.09 Å². The maximum absolute atomic E-state index is 12.2. The van der Waals surface area contributed by atoms with Gasteiger partial charge < -0.3 is 15.0 Å². The summed E-state index contributed by atoms with van der Waals surface area (Å²) in [5.74, 6) is -1.03. The van der Waals surface area contributed by atoms with E-state index in [-0.39, 0.29) is 55.5 Å². The van der Waals surface area contributed by atoms with Crippen LogP contribution in [0.3, 0.4) is 0 Å². The number of fused-ring (bicyclic) bond motifs is 1. The number of carbonyl (C=O) groups is 4. The van der Waals surface area contributed by atoms with E-state index in [9.17, 15) is 19.2 Å². The second-order valence-electron chi connectivity index (χ2n) is 6.75. The van der Waals surface area contributed by atoms with Crippen molar-refractivity contribution in [1.29, 1.82) is 0 Å². The molecular formula is C18H19N3O5. The number of rotatable bonds is 6. The number of amides is 4. The number of nitrogens with one attached hydrogen (secondary N) is 1. The number of imide groups is 1. The Balaban J connectivity index is 1.24. The lowest BCUT2D eigenvalue weighted by molar-refractivity contribution is -0.121. The first-order valence-corrected chi connectivity index (χ1v) is 8.74. The van der Waals surface area contributed by atoms with Crippen LogP contribution in [0.5, 0.6) is 0 Å². The minimum Gasteiger partial charge on any atom is -0.442 e. The molecule has 0 spiro atoms. The van der Waals surface area contributed by atoms with Crippen molar-refractivity contribution < 1.29 is 23.9 Å². The van der Waals surface area contributed by atoms with Gasteiger partial charge in [0.2, 0.25) is 5.91 Å². The lowest BCUT2D eigenvalue weighted by atomic mass is 10.1. The molecule has 2 aliphatic heterocycles. The standard InChI is InChI=1S/C18H19N3O5/c22-15(19-9-12-10-21(11-5-6-11)18(25)26-12)7-8-20-16(23)13-3-1-2-4-14(13)17(20)24/h1-4,11-12H,5-10H2,(H,19,22). The summed E-state index contributed by atoms with van der Waals surface area (Å²) in [6, 6.07) is 6.91. The lowest BCUT2D eigenvalue weighted by Gasteiger charge is -2.14. The van der Waals surface area contributed by atoms with Crippen molar-refractivity contribution in [3.8, 4) is 0 Å². The van der Waals surface area contributed by atoms with Gasteiger partial charge in [-0.1, -0.05) is 12.1 Å². The molecule has 1 atom stereocenters. The largest absolute Gasteiger partial charge is 0.442 e. The fraction of sp³-hybridized carbons (Fsp3) is 0.444. The van der Waals surface area contributed by atoms with Crippen molar-refractivity contribution in [2.75, 3.05) is 19.6 Å². The zero-order valence-electron chi connectivity index (χ0n) is 14.1. The predicted molar refractivity (Wildman–Crippen MR) is 89.4 cm³/mol. The van der Waals surface area contributed by atoms with Crippen LogP contribution in [0, 0.1) is 0 Å². The first-order chi connectivity index (χ1) is 12.5. The summed E-state index contributed by atoms with van der Waals surface area (Å²) in [7, 11) is 0. The molecule has 0 radical (unpaired) electrons. The van der Waals surface area contributed by atoms with E-state index in [1.807, 2.05) is 0 Å². The summed E-state index contributed by atoms with van der Waals surface area (Å²) < 4.78 is 5.23. The van der Waals surface area contributed by atoms with E-state index in [1.165, 1.54) is 0 Å². The molecule has 4 amide bonds. The lowest BCUT2D eigenvalue weighted by Crippen LogP contribution is -2.38. The van der Waals surface area contributed by atoms with E-state index in [0.717, 1.165) is 17.7 Å². The van der Waals surface area contributed by atoms with Crippen molar-refractivity contribution in [2.24, 2.45) is 0 Å². The first kappa shape index (κ1) is 16.6. The van der Waals surface area contributed by atoms with E-state index in [4.69, 9.17) is 4.74 Å². The molecule has 1 aromatic carbocycles. The number of benzene rings is 1. The summed E-state index contributed by atoms with van der Waals surface area (Å²) >= 11 is 0. The Kier molecular flexibility index (Phi) is 4.10. The van der Waals surface area contributed by atoms with Gasteiger partial charge in [0.25, 0.3) is 11.8 Å². The molecule has 3 aliphatic rings. The van der Waals surface area contributed by atoms with Crippen molar-refractivity contribution in [3.63, 3.8) is 0 Å². The normalized spacial score (nSPS) is 21.8. The minimum atomic E-state index is -0.372. The van der Waals surface area contributed by atoms with Gasteiger partial charge in [0.1, 0.15) is 6.10 Å². The highest BCUT2D eigenvalue weighted by Crippen LogP contribution is 2.30. The number of ether oxygens (including phenoxy) is 1. The third-order valence-corrected chi connectivity index (χ3v) is 4.86. The second-order valence-corrected chi connectivity index (χ2v) is 6.75. The molecule has 2 heterocycles. The van der Waals surface area contributed by atoms with Gasteiger partial charge in [-0.05, 0) is 25.0 Å². The minimum absolute atomic E-state index is 0.0124. The Morgan fingerprint density at radius 1 is 1.12 bits per heavy atom. The van der Waals surface area contributed by atoms with Crippen LogP contribution >= 0.6 is 0 Å². The van der Waals surface area contributed by atoms with Gasteiger partial charge in [-0.15, -0.1) is 0 Å². The van der Waals surface area contributed by atoms with Gasteiger partial charge in [-0.3, -0.25) is 19.3 Å². The SMILES string of the molecule is O=C(CCN1C(=O)c2ccccc2C1=O)NCC1CN(C2CC2)C(=O)O1. The van der Waals surface area contributed by atoms with Gasteiger partial charge in [-0.25, -0.2) is 4.79 Å². The summed E-state index contributed by atoms with van der Waals surface area (Å²) in [5, 5.41) is 2.71. The highest BCUT2D eigenvalue weighted by molar-refractivity contribution is 6.21. The Hall–Kier alpha value is -2.90. The number of nitrogens with zero attached hydrogens (tertiary/aromatic N) is 2.